The highest BCUT2D eigenvalue weighted by atomic mass is 79.9. The van der Waals surface area contributed by atoms with Crippen LogP contribution in [0.25, 0.3) is 11.0 Å². The van der Waals surface area contributed by atoms with Gasteiger partial charge >= 0.3 is 6.18 Å². The largest absolute Gasteiger partial charge is 0.434 e. The zero-order valence-electron chi connectivity index (χ0n) is 15.0. The second kappa shape index (κ2) is 7.77. The van der Waals surface area contributed by atoms with Gasteiger partial charge in [-0.1, -0.05) is 18.2 Å². The molecule has 0 aliphatic carbocycles. The average Bonchev–Trinajstić information content (AvgIpc) is 2.60. The van der Waals surface area contributed by atoms with Gasteiger partial charge in [-0.2, -0.15) is 13.2 Å². The number of hydrogen-bond acceptors (Lipinski definition) is 4. The van der Waals surface area contributed by atoms with Gasteiger partial charge in [-0.15, -0.1) is 0 Å². The van der Waals surface area contributed by atoms with E-state index in [2.05, 4.69) is 36.2 Å². The number of halogens is 7. The van der Waals surface area contributed by atoms with E-state index in [-0.39, 0.29) is 32.7 Å². The van der Waals surface area contributed by atoms with Crippen LogP contribution in [0.1, 0.15) is 42.0 Å². The molecule has 154 valence electrons. The van der Waals surface area contributed by atoms with E-state index in [1.54, 1.807) is 0 Å². The molecule has 11 heteroatoms. The van der Waals surface area contributed by atoms with Crippen LogP contribution in [0.2, 0.25) is 0 Å². The number of pyridine rings is 1. The number of hydrogen-bond donors (Lipinski definition) is 1. The van der Waals surface area contributed by atoms with Crippen molar-refractivity contribution >= 4 is 32.8 Å². The van der Waals surface area contributed by atoms with Crippen molar-refractivity contribution in [3.8, 4) is 0 Å². The molecular weight excluding hydrogens is 466 g/mol. The molecule has 2 aromatic heterocycles. The number of nitrogens with one attached hydrogen (secondary N) is 1. The third kappa shape index (κ3) is 4.29. The third-order valence-electron chi connectivity index (χ3n) is 4.13. The van der Waals surface area contributed by atoms with Crippen LogP contribution in [0.3, 0.4) is 0 Å². The molecule has 1 N–H and O–H groups in total. The minimum atomic E-state index is -4.69. The maximum Gasteiger partial charge on any atom is 0.434 e. The van der Waals surface area contributed by atoms with E-state index in [1.807, 2.05) is 0 Å². The molecule has 4 nitrogen and oxygen atoms in total. The number of benzene rings is 1. The highest BCUT2D eigenvalue weighted by molar-refractivity contribution is 9.10. The Bertz CT molecular complexity index is 1070. The second-order valence-corrected chi connectivity index (χ2v) is 7.08. The number of anilines is 1. The smallest absolute Gasteiger partial charge is 0.363 e. The SMILES string of the molecule is Cc1nc(N[C@H](C)c2cccc(C(F)F)c2F)c2cc(Br)c(C(F)(F)F)nc2n1. The van der Waals surface area contributed by atoms with E-state index in [0.717, 1.165) is 12.1 Å². The molecule has 29 heavy (non-hydrogen) atoms. The van der Waals surface area contributed by atoms with Crippen molar-refractivity contribution in [3.05, 3.63) is 57.2 Å². The Morgan fingerprint density at radius 3 is 2.34 bits per heavy atom. The Balaban J connectivity index is 2.07. The molecule has 1 atom stereocenters. The van der Waals surface area contributed by atoms with E-state index in [0.29, 0.717) is 0 Å². The minimum absolute atomic E-state index is 0.0360. The standard InChI is InChI=1S/C18H13BrF6N4/c1-7(9-4-3-5-10(13(9)20)15(21)22)26-16-11-6-12(19)14(18(23,24)25)29-17(11)28-8(2)27-16/h3-7,15H,1-2H3,(H,26,27,28,29)/t7-/m1/s1. The minimum Gasteiger partial charge on any atom is -0.363 e. The molecule has 0 radical (unpaired) electrons. The summed E-state index contributed by atoms with van der Waals surface area (Å²) in [5.41, 5.74) is -2.12. The number of aryl methyl sites for hydroxylation is 1. The molecule has 0 saturated heterocycles. The number of aromatic nitrogens is 3. The molecule has 0 unspecified atom stereocenters. The van der Waals surface area contributed by atoms with Crippen molar-refractivity contribution in [2.24, 2.45) is 0 Å². The lowest BCUT2D eigenvalue weighted by atomic mass is 10.0. The zero-order chi connectivity index (χ0) is 21.5. The van der Waals surface area contributed by atoms with Gasteiger partial charge in [0.25, 0.3) is 6.43 Å². The topological polar surface area (TPSA) is 50.7 Å². The summed E-state index contributed by atoms with van der Waals surface area (Å²) in [6, 6.07) is 3.97. The number of rotatable bonds is 4. The predicted octanol–water partition coefficient (Wildman–Crippen LogP) is 6.36. The zero-order valence-corrected chi connectivity index (χ0v) is 16.5. The lowest BCUT2D eigenvalue weighted by Gasteiger charge is -2.19. The van der Waals surface area contributed by atoms with E-state index in [1.165, 1.54) is 26.0 Å². The van der Waals surface area contributed by atoms with Crippen LogP contribution in [0, 0.1) is 12.7 Å². The van der Waals surface area contributed by atoms with E-state index < -0.39 is 35.7 Å². The Labute approximate surface area is 169 Å². The van der Waals surface area contributed by atoms with E-state index in [4.69, 9.17) is 0 Å². The van der Waals surface area contributed by atoms with Crippen molar-refractivity contribution in [3.63, 3.8) is 0 Å². The van der Waals surface area contributed by atoms with Gasteiger partial charge in [0.1, 0.15) is 17.5 Å². The summed E-state index contributed by atoms with van der Waals surface area (Å²) in [6.45, 7) is 2.98. The second-order valence-electron chi connectivity index (χ2n) is 6.22. The van der Waals surface area contributed by atoms with Crippen LogP contribution in [0.15, 0.2) is 28.7 Å². The van der Waals surface area contributed by atoms with Crippen LogP contribution in [-0.4, -0.2) is 15.0 Å². The number of alkyl halides is 5. The average molecular weight is 479 g/mol. The van der Waals surface area contributed by atoms with E-state index >= 15 is 0 Å². The third-order valence-corrected chi connectivity index (χ3v) is 4.74. The molecule has 0 fully saturated rings. The normalized spacial score (nSPS) is 13.2. The van der Waals surface area contributed by atoms with Gasteiger partial charge in [0, 0.05) is 10.0 Å². The molecule has 0 spiro atoms. The highest BCUT2D eigenvalue weighted by Crippen LogP contribution is 2.36. The first-order valence-corrected chi connectivity index (χ1v) is 9.03. The number of nitrogens with zero attached hydrogens (tertiary/aromatic N) is 3. The van der Waals surface area contributed by atoms with E-state index in [9.17, 15) is 26.3 Å². The molecular formula is C18H13BrF6N4. The van der Waals surface area contributed by atoms with Gasteiger partial charge in [-0.3, -0.25) is 0 Å². The van der Waals surface area contributed by atoms with Crippen LogP contribution in [0.5, 0.6) is 0 Å². The molecule has 3 aromatic rings. The molecule has 0 bridgehead atoms. The molecule has 0 aliphatic heterocycles. The quantitative estimate of drug-likeness (QED) is 0.443. The maximum atomic E-state index is 14.4. The number of fused-ring (bicyclic) bond motifs is 1. The first kappa shape index (κ1) is 21.3. The van der Waals surface area contributed by atoms with Crippen molar-refractivity contribution < 1.29 is 26.3 Å². The Hall–Kier alpha value is -2.43. The molecule has 0 saturated carbocycles. The van der Waals surface area contributed by atoms with Gasteiger partial charge in [-0.25, -0.2) is 28.1 Å². The summed E-state index contributed by atoms with van der Waals surface area (Å²) in [4.78, 5) is 11.6. The van der Waals surface area contributed by atoms with Gasteiger partial charge in [-0.05, 0) is 35.8 Å². The summed E-state index contributed by atoms with van der Waals surface area (Å²) < 4.78 is 79.3. The molecule has 1 aromatic carbocycles. The first-order valence-electron chi connectivity index (χ1n) is 8.24. The van der Waals surface area contributed by atoms with Crippen LogP contribution < -0.4 is 5.32 Å². The fraction of sp³-hybridized carbons (Fsp3) is 0.278. The highest BCUT2D eigenvalue weighted by Gasteiger charge is 2.36. The van der Waals surface area contributed by atoms with Crippen molar-refractivity contribution in [1.29, 1.82) is 0 Å². The Morgan fingerprint density at radius 2 is 1.72 bits per heavy atom. The Kier molecular flexibility index (Phi) is 5.70. The fourth-order valence-electron chi connectivity index (χ4n) is 2.80. The summed E-state index contributed by atoms with van der Waals surface area (Å²) in [7, 11) is 0. The van der Waals surface area contributed by atoms with Crippen LogP contribution >= 0.6 is 15.9 Å². The lowest BCUT2D eigenvalue weighted by molar-refractivity contribution is -0.141. The first-order chi connectivity index (χ1) is 13.5. The van der Waals surface area contributed by atoms with Gasteiger partial charge in [0.05, 0.1) is 17.0 Å². The molecule has 0 amide bonds. The van der Waals surface area contributed by atoms with Crippen molar-refractivity contribution in [1.82, 2.24) is 15.0 Å². The predicted molar refractivity (Wildman–Crippen MR) is 98.2 cm³/mol. The van der Waals surface area contributed by atoms with Crippen LogP contribution in [0.4, 0.5) is 32.2 Å². The van der Waals surface area contributed by atoms with Gasteiger partial charge < -0.3 is 5.32 Å². The fourth-order valence-corrected chi connectivity index (χ4v) is 3.34. The maximum absolute atomic E-state index is 14.4. The molecule has 3 rings (SSSR count). The van der Waals surface area contributed by atoms with Crippen molar-refractivity contribution in [2.45, 2.75) is 32.5 Å². The van der Waals surface area contributed by atoms with Gasteiger partial charge in [0.2, 0.25) is 0 Å². The lowest BCUT2D eigenvalue weighted by Crippen LogP contribution is -2.14. The van der Waals surface area contributed by atoms with Crippen LogP contribution in [-0.2, 0) is 6.18 Å². The summed E-state index contributed by atoms with van der Waals surface area (Å²) in [6.07, 6.45) is -7.67. The summed E-state index contributed by atoms with van der Waals surface area (Å²) >= 11 is 2.84. The molecule has 0 aliphatic rings. The summed E-state index contributed by atoms with van der Waals surface area (Å²) in [5, 5.41) is 3.02. The molecule has 2 heterocycles. The Morgan fingerprint density at radius 1 is 1.07 bits per heavy atom. The summed E-state index contributed by atoms with van der Waals surface area (Å²) in [5.74, 6) is -0.822. The van der Waals surface area contributed by atoms with Crippen molar-refractivity contribution in [2.75, 3.05) is 5.32 Å². The monoisotopic (exact) mass is 478 g/mol. The van der Waals surface area contributed by atoms with Gasteiger partial charge in [0.15, 0.2) is 11.3 Å².